The lowest BCUT2D eigenvalue weighted by Gasteiger charge is -2.32. The number of amides is 4. The number of aromatic nitrogens is 2. The summed E-state index contributed by atoms with van der Waals surface area (Å²) in [6, 6.07) is 4.79. The number of rotatable bonds is 7. The number of para-hydroxylation sites is 2. The van der Waals surface area contributed by atoms with Crippen LogP contribution in [0.15, 0.2) is 42.6 Å². The Morgan fingerprint density at radius 1 is 1.16 bits per heavy atom. The number of benzene rings is 1. The van der Waals surface area contributed by atoms with Gasteiger partial charge in [-0.15, -0.1) is 0 Å². The van der Waals surface area contributed by atoms with Gasteiger partial charge >= 0.3 is 6.09 Å². The fraction of sp³-hybridized carbons (Fsp3) is 0.576. The Kier molecular flexibility index (Phi) is 9.28. The zero-order valence-electron chi connectivity index (χ0n) is 27.3. The first-order valence-electron chi connectivity index (χ1n) is 16.6. The maximum absolute atomic E-state index is 14.2. The summed E-state index contributed by atoms with van der Waals surface area (Å²) in [5.74, 6) is -3.04. The molecule has 2 saturated carbocycles. The number of allylic oxidation sites excluding steroid dienone is 1. The average Bonchev–Trinajstić information content (AvgIpc) is 3.96. The molecule has 1 aromatic carbocycles. The lowest BCUT2D eigenvalue weighted by molar-refractivity contribution is -0.142. The van der Waals surface area contributed by atoms with Gasteiger partial charge in [-0.25, -0.2) is 27.6 Å². The van der Waals surface area contributed by atoms with E-state index in [9.17, 15) is 37.1 Å². The Hall–Kier alpha value is -4.34. The van der Waals surface area contributed by atoms with Crippen molar-refractivity contribution in [2.45, 2.75) is 87.3 Å². The number of carboxylic acid groups (broad SMARTS) is 1. The number of hydrogen-bond acceptors (Lipinski definition) is 9. The van der Waals surface area contributed by atoms with Gasteiger partial charge in [0.25, 0.3) is 5.91 Å². The van der Waals surface area contributed by atoms with Crippen LogP contribution in [0.5, 0.6) is 5.88 Å². The monoisotopic (exact) mass is 700 g/mol. The molecule has 0 bridgehead atoms. The van der Waals surface area contributed by atoms with Crippen molar-refractivity contribution in [2.75, 3.05) is 13.2 Å². The molecule has 0 radical (unpaired) electrons. The minimum absolute atomic E-state index is 0.0296. The van der Waals surface area contributed by atoms with Crippen molar-refractivity contribution >= 4 is 44.9 Å². The van der Waals surface area contributed by atoms with E-state index in [4.69, 9.17) is 4.74 Å². The summed E-state index contributed by atoms with van der Waals surface area (Å²) in [7, 11) is -4.37. The number of nitrogens with zero attached hydrogens (tertiary/aromatic N) is 3. The van der Waals surface area contributed by atoms with Crippen LogP contribution in [0.2, 0.25) is 0 Å². The second-order valence-corrected chi connectivity index (χ2v) is 16.0. The van der Waals surface area contributed by atoms with Crippen molar-refractivity contribution in [1.29, 1.82) is 0 Å². The van der Waals surface area contributed by atoms with Crippen LogP contribution in [0.3, 0.4) is 0 Å². The van der Waals surface area contributed by atoms with Crippen molar-refractivity contribution in [2.24, 2.45) is 17.8 Å². The Morgan fingerprint density at radius 2 is 1.90 bits per heavy atom. The second-order valence-electron chi connectivity index (χ2n) is 14.0. The molecule has 6 rings (SSSR count). The number of carbonyl (C=O) groups excluding carboxylic acids is 3. The highest BCUT2D eigenvalue weighted by molar-refractivity contribution is 7.91. The number of ether oxygens (including phenoxy) is 1. The van der Waals surface area contributed by atoms with E-state index < -0.39 is 80.8 Å². The van der Waals surface area contributed by atoms with Crippen molar-refractivity contribution in [1.82, 2.24) is 30.2 Å². The van der Waals surface area contributed by atoms with Gasteiger partial charge < -0.3 is 25.4 Å². The zero-order chi connectivity index (χ0) is 35.1. The Morgan fingerprint density at radius 3 is 2.59 bits per heavy atom. The largest absolute Gasteiger partial charge is 0.471 e. The molecule has 3 fully saturated rings. The number of halogens is 1. The topological polar surface area (TPSA) is 197 Å². The summed E-state index contributed by atoms with van der Waals surface area (Å²) in [4.78, 5) is 64.0. The highest BCUT2D eigenvalue weighted by Crippen LogP contribution is 2.48. The van der Waals surface area contributed by atoms with Gasteiger partial charge in [0.1, 0.15) is 35.1 Å². The molecule has 4 N–H and O–H groups in total. The number of hydrogen-bond donors (Lipinski definition) is 4. The molecule has 16 heteroatoms. The molecule has 4 aliphatic rings. The van der Waals surface area contributed by atoms with Gasteiger partial charge in [0.05, 0.1) is 23.8 Å². The van der Waals surface area contributed by atoms with E-state index in [1.807, 2.05) is 23.8 Å². The fourth-order valence-corrected chi connectivity index (χ4v) is 8.48. The molecule has 14 nitrogen and oxygen atoms in total. The molecule has 1 aromatic heterocycles. The number of carbonyl (C=O) groups is 4. The third kappa shape index (κ3) is 6.92. The van der Waals surface area contributed by atoms with E-state index in [1.54, 1.807) is 31.2 Å². The fourth-order valence-electron chi connectivity index (χ4n) is 7.05. The normalized spacial score (nSPS) is 32.0. The third-order valence-corrected chi connectivity index (χ3v) is 12.4. The van der Waals surface area contributed by atoms with Crippen LogP contribution in [-0.4, -0.2) is 93.9 Å². The Bertz CT molecular complexity index is 1790. The molecule has 0 unspecified atom stereocenters. The maximum Gasteiger partial charge on any atom is 0.405 e. The average molecular weight is 701 g/mol. The van der Waals surface area contributed by atoms with E-state index >= 15 is 0 Å². The number of alkyl halides is 1. The molecule has 2 aliphatic carbocycles. The molecule has 264 valence electrons. The molecule has 49 heavy (non-hydrogen) atoms. The summed E-state index contributed by atoms with van der Waals surface area (Å²) >= 11 is 0. The second kappa shape index (κ2) is 13.2. The van der Waals surface area contributed by atoms with Crippen LogP contribution in [0, 0.1) is 17.8 Å². The van der Waals surface area contributed by atoms with E-state index in [1.165, 1.54) is 11.1 Å². The first-order chi connectivity index (χ1) is 23.3. The number of fused-ring (bicyclic) bond motifs is 3. The van der Waals surface area contributed by atoms with Crippen molar-refractivity contribution < 1.29 is 41.8 Å². The lowest BCUT2D eigenvalue weighted by Crippen LogP contribution is -2.59. The van der Waals surface area contributed by atoms with E-state index in [0.29, 0.717) is 30.3 Å². The molecule has 4 amide bonds. The first-order valence-corrected chi connectivity index (χ1v) is 18.1. The van der Waals surface area contributed by atoms with Crippen molar-refractivity contribution in [3.05, 3.63) is 42.6 Å². The highest BCUT2D eigenvalue weighted by atomic mass is 32.2. The van der Waals surface area contributed by atoms with Gasteiger partial charge in [-0.1, -0.05) is 38.1 Å². The highest BCUT2D eigenvalue weighted by Gasteiger charge is 2.64. The predicted octanol–water partition coefficient (Wildman–Crippen LogP) is 2.45. The Balaban J connectivity index is 1.32. The first kappa shape index (κ1) is 34.5. The van der Waals surface area contributed by atoms with Gasteiger partial charge in [-0.05, 0) is 62.5 Å². The number of nitrogens with one attached hydrogen (secondary N) is 3. The lowest BCUT2D eigenvalue weighted by atomic mass is 9.88. The van der Waals surface area contributed by atoms with E-state index in [0.717, 1.165) is 0 Å². The van der Waals surface area contributed by atoms with Crippen LogP contribution in [0.1, 0.15) is 58.8 Å². The quantitative estimate of drug-likeness (QED) is 0.312. The Labute approximate surface area is 283 Å². The summed E-state index contributed by atoms with van der Waals surface area (Å²) < 4.78 is 46.2. The van der Waals surface area contributed by atoms with Gasteiger partial charge in [-0.3, -0.25) is 19.1 Å². The van der Waals surface area contributed by atoms with Crippen LogP contribution in [0.4, 0.5) is 9.18 Å². The summed E-state index contributed by atoms with van der Waals surface area (Å²) in [6.07, 6.45) is 5.00. The molecule has 7 atom stereocenters. The van der Waals surface area contributed by atoms with Crippen LogP contribution in [0.25, 0.3) is 11.0 Å². The molecular weight excluding hydrogens is 659 g/mol. The standard InChI is InChI=1S/C33H41FN6O8S/c1-19-7-3-4-8-21-15-33(21,30(43)39-49(46,47)32(18-34)11-12-32)38-28(41)25-14-22(48-26-16-35-23-9-5-6-10-24(23)36-26)17-40(25)29(42)27(20(2)13-19)37-31(44)45/h4-6,8-10,16,19-22,25,27,37H,3,7,11-15,17-18H2,1-2H3,(H,38,41)(H,39,43)(H,44,45)/b8-4-/t19-,20-,21-,22-,25+,27+,33-/m1/s1. The van der Waals surface area contributed by atoms with Crippen LogP contribution >= 0.6 is 0 Å². The molecule has 2 aromatic rings. The molecule has 2 aliphatic heterocycles. The summed E-state index contributed by atoms with van der Waals surface area (Å²) in [5, 5.41) is 14.8. The van der Waals surface area contributed by atoms with Crippen molar-refractivity contribution in [3.8, 4) is 5.88 Å². The van der Waals surface area contributed by atoms with Crippen LogP contribution < -0.4 is 20.1 Å². The SMILES string of the molecule is C[C@@H]1CC/C=C\[C@@H]2C[C@@]2(C(=O)NS(=O)(=O)C2(CF)CC2)NC(=O)[C@@H]2C[C@@H](Oc3cnc4ccccc4n3)CN2C(=O)[C@@H](NC(=O)O)[C@H](C)C1. The number of sulfonamides is 1. The van der Waals surface area contributed by atoms with Gasteiger partial charge in [0, 0.05) is 12.3 Å². The molecule has 1 saturated heterocycles. The summed E-state index contributed by atoms with van der Waals surface area (Å²) in [5.41, 5.74) is -0.429. The smallest absolute Gasteiger partial charge is 0.405 e. The predicted molar refractivity (Wildman–Crippen MR) is 174 cm³/mol. The molecule has 3 heterocycles. The minimum Gasteiger partial charge on any atom is -0.471 e. The van der Waals surface area contributed by atoms with Crippen LogP contribution in [-0.2, 0) is 24.4 Å². The zero-order valence-corrected chi connectivity index (χ0v) is 28.1. The van der Waals surface area contributed by atoms with Gasteiger partial charge in [0.2, 0.25) is 27.7 Å². The molecule has 0 spiro atoms. The van der Waals surface area contributed by atoms with Crippen molar-refractivity contribution in [3.63, 3.8) is 0 Å². The minimum atomic E-state index is -4.37. The molecular formula is C33H41FN6O8S. The summed E-state index contributed by atoms with van der Waals surface area (Å²) in [6.45, 7) is 2.55. The van der Waals surface area contributed by atoms with Gasteiger partial charge in [0.15, 0.2) is 0 Å². The van der Waals surface area contributed by atoms with E-state index in [2.05, 4.69) is 20.6 Å². The third-order valence-electron chi connectivity index (χ3n) is 10.3. The van der Waals surface area contributed by atoms with E-state index in [-0.39, 0.29) is 44.0 Å². The van der Waals surface area contributed by atoms with Gasteiger partial charge in [-0.2, -0.15) is 0 Å². The maximum atomic E-state index is 14.2.